The summed E-state index contributed by atoms with van der Waals surface area (Å²) in [5.74, 6) is 1.80. The minimum atomic E-state index is 0. The first-order chi connectivity index (χ1) is 8.41. The molecule has 6 heteroatoms. The third kappa shape index (κ3) is 5.97. The fraction of sp³-hybridized carbons (Fsp3) is 0.846. The molecular formula is C13H27IN4O. The van der Waals surface area contributed by atoms with Crippen LogP contribution in [0.1, 0.15) is 19.8 Å². The van der Waals surface area contributed by atoms with Crippen molar-refractivity contribution >= 4 is 35.8 Å². The van der Waals surface area contributed by atoms with Crippen LogP contribution in [0, 0.1) is 5.92 Å². The summed E-state index contributed by atoms with van der Waals surface area (Å²) in [6, 6.07) is 0. The first kappa shape index (κ1) is 18.5. The predicted octanol–water partition coefficient (Wildman–Crippen LogP) is 1.34. The van der Waals surface area contributed by atoms with Crippen LogP contribution >= 0.6 is 24.0 Å². The molecule has 1 rings (SSSR count). The van der Waals surface area contributed by atoms with Crippen LogP contribution < -0.4 is 0 Å². The Kier molecular flexibility index (Phi) is 8.36. The van der Waals surface area contributed by atoms with E-state index in [-0.39, 0.29) is 29.9 Å². The molecule has 1 heterocycles. The van der Waals surface area contributed by atoms with Crippen molar-refractivity contribution in [2.45, 2.75) is 19.8 Å². The smallest absolute Gasteiger partial charge is 0.219 e. The maximum atomic E-state index is 11.2. The minimum Gasteiger partial charge on any atom is -0.349 e. The molecule has 1 aliphatic rings. The van der Waals surface area contributed by atoms with Gasteiger partial charge in [-0.25, -0.2) is 0 Å². The first-order valence-corrected chi connectivity index (χ1v) is 6.56. The molecule has 0 saturated carbocycles. The quantitative estimate of drug-likeness (QED) is 0.411. The molecule has 0 unspecified atom stereocenters. The summed E-state index contributed by atoms with van der Waals surface area (Å²) in [5, 5.41) is 0. The van der Waals surface area contributed by atoms with E-state index < -0.39 is 0 Å². The lowest BCUT2D eigenvalue weighted by Crippen LogP contribution is -2.39. The van der Waals surface area contributed by atoms with Gasteiger partial charge < -0.3 is 14.7 Å². The Hall–Kier alpha value is -0.530. The third-order valence-electron chi connectivity index (χ3n) is 3.35. The lowest BCUT2D eigenvalue weighted by atomic mass is 9.97. The van der Waals surface area contributed by atoms with Gasteiger partial charge in [-0.05, 0) is 18.8 Å². The Labute approximate surface area is 134 Å². The van der Waals surface area contributed by atoms with E-state index in [2.05, 4.69) is 4.99 Å². The highest BCUT2D eigenvalue weighted by molar-refractivity contribution is 14.0. The van der Waals surface area contributed by atoms with E-state index in [4.69, 9.17) is 0 Å². The average molecular weight is 382 g/mol. The van der Waals surface area contributed by atoms with Crippen molar-refractivity contribution < 1.29 is 4.79 Å². The van der Waals surface area contributed by atoms with E-state index in [0.717, 1.165) is 38.4 Å². The minimum absolute atomic E-state index is 0. The molecule has 1 aliphatic heterocycles. The van der Waals surface area contributed by atoms with Crippen molar-refractivity contribution in [3.63, 3.8) is 0 Å². The van der Waals surface area contributed by atoms with E-state index in [1.54, 1.807) is 6.92 Å². The maximum absolute atomic E-state index is 11.2. The van der Waals surface area contributed by atoms with Gasteiger partial charge in [0, 0.05) is 54.7 Å². The van der Waals surface area contributed by atoms with Crippen LogP contribution in [0.25, 0.3) is 0 Å². The zero-order valence-corrected chi connectivity index (χ0v) is 15.0. The molecule has 0 radical (unpaired) electrons. The van der Waals surface area contributed by atoms with E-state index in [0.29, 0.717) is 5.92 Å². The number of halogens is 1. The van der Waals surface area contributed by atoms with Crippen molar-refractivity contribution in [2.24, 2.45) is 10.9 Å². The summed E-state index contributed by atoms with van der Waals surface area (Å²) in [6.45, 7) is 4.27. The summed E-state index contributed by atoms with van der Waals surface area (Å²) >= 11 is 0. The van der Waals surface area contributed by atoms with E-state index in [9.17, 15) is 4.79 Å². The SMILES string of the molecule is CC(=O)N1CCC(CN=C(N(C)C)N(C)C)CC1.I. The highest BCUT2D eigenvalue weighted by Crippen LogP contribution is 2.17. The summed E-state index contributed by atoms with van der Waals surface area (Å²) in [7, 11) is 8.04. The molecular weight excluding hydrogens is 355 g/mol. The van der Waals surface area contributed by atoms with Crippen LogP contribution in [-0.2, 0) is 4.79 Å². The fourth-order valence-corrected chi connectivity index (χ4v) is 2.32. The lowest BCUT2D eigenvalue weighted by Gasteiger charge is -2.31. The molecule has 0 atom stereocenters. The van der Waals surface area contributed by atoms with Crippen molar-refractivity contribution in [1.29, 1.82) is 0 Å². The topological polar surface area (TPSA) is 39.2 Å². The average Bonchev–Trinajstić information content (AvgIpc) is 2.28. The predicted molar refractivity (Wildman–Crippen MR) is 90.1 cm³/mol. The van der Waals surface area contributed by atoms with Crippen LogP contribution in [0.3, 0.4) is 0 Å². The Morgan fingerprint density at radius 1 is 1.16 bits per heavy atom. The van der Waals surface area contributed by atoms with Crippen LogP contribution in [0.2, 0.25) is 0 Å². The molecule has 0 N–H and O–H groups in total. The summed E-state index contributed by atoms with van der Waals surface area (Å²) in [5.41, 5.74) is 0. The van der Waals surface area contributed by atoms with Crippen LogP contribution in [0.4, 0.5) is 0 Å². The van der Waals surface area contributed by atoms with Gasteiger partial charge in [-0.2, -0.15) is 0 Å². The molecule has 0 spiro atoms. The summed E-state index contributed by atoms with van der Waals surface area (Å²) < 4.78 is 0. The number of piperidine rings is 1. The summed E-state index contributed by atoms with van der Waals surface area (Å²) in [4.78, 5) is 21.9. The van der Waals surface area contributed by atoms with Gasteiger partial charge in [-0.3, -0.25) is 9.79 Å². The van der Waals surface area contributed by atoms with Gasteiger partial charge in [0.05, 0.1) is 0 Å². The Morgan fingerprint density at radius 2 is 1.63 bits per heavy atom. The lowest BCUT2D eigenvalue weighted by molar-refractivity contribution is -0.130. The number of aliphatic imine (C=N–C) groups is 1. The van der Waals surface area contributed by atoms with Gasteiger partial charge in [0.15, 0.2) is 5.96 Å². The molecule has 5 nitrogen and oxygen atoms in total. The van der Waals surface area contributed by atoms with Gasteiger partial charge in [0.1, 0.15) is 0 Å². The second-order valence-electron chi connectivity index (χ2n) is 5.38. The van der Waals surface area contributed by atoms with Gasteiger partial charge in [0.25, 0.3) is 0 Å². The van der Waals surface area contributed by atoms with Gasteiger partial charge in [0.2, 0.25) is 5.91 Å². The molecule has 0 aromatic carbocycles. The normalized spacial score (nSPS) is 15.5. The van der Waals surface area contributed by atoms with Crippen LogP contribution in [0.5, 0.6) is 0 Å². The number of guanidine groups is 1. The number of nitrogens with zero attached hydrogens (tertiary/aromatic N) is 4. The first-order valence-electron chi connectivity index (χ1n) is 6.56. The van der Waals surface area contributed by atoms with E-state index in [1.807, 2.05) is 42.9 Å². The number of amides is 1. The Morgan fingerprint density at radius 3 is 2.00 bits per heavy atom. The number of hydrogen-bond acceptors (Lipinski definition) is 2. The molecule has 1 amide bonds. The largest absolute Gasteiger partial charge is 0.349 e. The van der Waals surface area contributed by atoms with Gasteiger partial charge >= 0.3 is 0 Å². The van der Waals surface area contributed by atoms with Crippen molar-refractivity contribution in [1.82, 2.24) is 14.7 Å². The highest BCUT2D eigenvalue weighted by atomic mass is 127. The Balaban J connectivity index is 0.00000324. The third-order valence-corrected chi connectivity index (χ3v) is 3.35. The molecule has 0 bridgehead atoms. The molecule has 0 aromatic heterocycles. The second-order valence-corrected chi connectivity index (χ2v) is 5.38. The number of hydrogen-bond donors (Lipinski definition) is 0. The van der Waals surface area contributed by atoms with Crippen molar-refractivity contribution in [3.8, 4) is 0 Å². The molecule has 1 fully saturated rings. The molecule has 0 aromatic rings. The molecule has 0 aliphatic carbocycles. The van der Waals surface area contributed by atoms with E-state index >= 15 is 0 Å². The zero-order chi connectivity index (χ0) is 13.7. The summed E-state index contributed by atoms with van der Waals surface area (Å²) in [6.07, 6.45) is 2.13. The Bertz CT molecular complexity index is 300. The maximum Gasteiger partial charge on any atom is 0.219 e. The molecule has 1 saturated heterocycles. The number of likely N-dealkylation sites (tertiary alicyclic amines) is 1. The van der Waals surface area contributed by atoms with Crippen LogP contribution in [-0.4, -0.2) is 74.4 Å². The van der Waals surface area contributed by atoms with Gasteiger partial charge in [-0.15, -0.1) is 24.0 Å². The number of carbonyl (C=O) groups excluding carboxylic acids is 1. The van der Waals surface area contributed by atoms with Crippen molar-refractivity contribution in [3.05, 3.63) is 0 Å². The van der Waals surface area contributed by atoms with Crippen molar-refractivity contribution in [2.75, 3.05) is 47.8 Å². The number of rotatable bonds is 2. The van der Waals surface area contributed by atoms with Crippen LogP contribution in [0.15, 0.2) is 4.99 Å². The number of carbonyl (C=O) groups is 1. The van der Waals surface area contributed by atoms with E-state index in [1.165, 1.54) is 0 Å². The van der Waals surface area contributed by atoms with Gasteiger partial charge in [-0.1, -0.05) is 0 Å². The molecule has 19 heavy (non-hydrogen) atoms. The zero-order valence-electron chi connectivity index (χ0n) is 12.7. The second kappa shape index (κ2) is 8.60. The standard InChI is InChI=1S/C13H26N4O.HI/c1-11(18)17-8-6-12(7-9-17)10-14-13(15(2)3)16(4)5;/h12H,6-10H2,1-5H3;1H. The fourth-order valence-electron chi connectivity index (χ4n) is 2.32. The monoisotopic (exact) mass is 382 g/mol. The highest BCUT2D eigenvalue weighted by Gasteiger charge is 2.20. The molecule has 112 valence electrons.